The normalized spacial score (nSPS) is 12.1. The smallest absolute Gasteiger partial charge is 0.323 e. The highest BCUT2D eigenvalue weighted by atomic mass is 16.5. The molecule has 1 aromatic rings. The topological polar surface area (TPSA) is 70.5 Å². The van der Waals surface area contributed by atoms with Crippen LogP contribution < -0.4 is 14.2 Å². The molecule has 0 amide bonds. The van der Waals surface area contributed by atoms with Crippen LogP contribution in [0.5, 0.6) is 17.8 Å². The first kappa shape index (κ1) is 18.2. The van der Waals surface area contributed by atoms with Crippen molar-refractivity contribution in [2.45, 2.75) is 52.6 Å². The van der Waals surface area contributed by atoms with Crippen molar-refractivity contribution in [2.24, 2.45) is 5.92 Å². The Morgan fingerprint density at radius 3 is 2.18 bits per heavy atom. The highest BCUT2D eigenvalue weighted by molar-refractivity contribution is 5.83. The van der Waals surface area contributed by atoms with Crippen LogP contribution in [0.25, 0.3) is 0 Å². The van der Waals surface area contributed by atoms with Gasteiger partial charge in [0.2, 0.25) is 11.8 Å². The zero-order chi connectivity index (χ0) is 16.5. The monoisotopic (exact) mass is 310 g/mol. The van der Waals surface area contributed by atoms with Crippen LogP contribution in [0.2, 0.25) is 0 Å². The van der Waals surface area contributed by atoms with Crippen molar-refractivity contribution in [1.82, 2.24) is 9.97 Å². The minimum absolute atomic E-state index is 0.0370. The van der Waals surface area contributed by atoms with Crippen LogP contribution in [0.1, 0.15) is 46.5 Å². The molecule has 0 spiro atoms. The third-order valence-electron chi connectivity index (χ3n) is 3.26. The molecule has 1 heterocycles. The van der Waals surface area contributed by atoms with Gasteiger partial charge in [-0.25, -0.2) is 0 Å². The molecule has 6 nitrogen and oxygen atoms in total. The first-order valence-electron chi connectivity index (χ1n) is 7.68. The third-order valence-corrected chi connectivity index (χ3v) is 3.26. The minimum atomic E-state index is -0.561. The number of aromatic nitrogens is 2. The molecule has 22 heavy (non-hydrogen) atoms. The number of carbonyl (C=O) groups is 1. The molecule has 0 radical (unpaired) electrons. The van der Waals surface area contributed by atoms with E-state index in [1.54, 1.807) is 6.07 Å². The number of hydrogen-bond acceptors (Lipinski definition) is 6. The van der Waals surface area contributed by atoms with Gasteiger partial charge in [-0.05, 0) is 12.3 Å². The average Bonchev–Trinajstić information content (AvgIpc) is 2.51. The van der Waals surface area contributed by atoms with Gasteiger partial charge in [0.25, 0.3) is 0 Å². The molecule has 1 atom stereocenters. The number of rotatable bonds is 10. The SMILES string of the molecule is CCCCCC(=O)C(Oc1nc(OC)cc(OC)n1)C(C)C. The fourth-order valence-corrected chi connectivity index (χ4v) is 2.02. The van der Waals surface area contributed by atoms with E-state index >= 15 is 0 Å². The van der Waals surface area contributed by atoms with Crippen molar-refractivity contribution in [1.29, 1.82) is 0 Å². The first-order valence-corrected chi connectivity index (χ1v) is 7.68. The van der Waals surface area contributed by atoms with E-state index in [1.807, 2.05) is 13.8 Å². The molecule has 1 rings (SSSR count). The van der Waals surface area contributed by atoms with Gasteiger partial charge in [-0.15, -0.1) is 0 Å². The van der Waals surface area contributed by atoms with Gasteiger partial charge in [-0.1, -0.05) is 33.6 Å². The number of ketones is 1. The molecular formula is C16H26N2O4. The summed E-state index contributed by atoms with van der Waals surface area (Å²) in [5.41, 5.74) is 0. The quantitative estimate of drug-likeness (QED) is 0.619. The summed E-state index contributed by atoms with van der Waals surface area (Å²) in [5, 5.41) is 0. The van der Waals surface area contributed by atoms with Gasteiger partial charge in [-0.3, -0.25) is 4.79 Å². The summed E-state index contributed by atoms with van der Waals surface area (Å²) in [4.78, 5) is 20.6. The van der Waals surface area contributed by atoms with Crippen LogP contribution in [-0.2, 0) is 4.79 Å². The van der Waals surface area contributed by atoms with E-state index in [9.17, 15) is 4.79 Å². The summed E-state index contributed by atoms with van der Waals surface area (Å²) in [6, 6.07) is 1.65. The molecule has 1 aromatic heterocycles. The zero-order valence-electron chi connectivity index (χ0n) is 14.1. The predicted molar refractivity (Wildman–Crippen MR) is 83.5 cm³/mol. The highest BCUT2D eigenvalue weighted by Gasteiger charge is 2.25. The predicted octanol–water partition coefficient (Wildman–Crippen LogP) is 3.05. The van der Waals surface area contributed by atoms with Crippen molar-refractivity contribution in [3.63, 3.8) is 0 Å². The van der Waals surface area contributed by atoms with Crippen molar-refractivity contribution < 1.29 is 19.0 Å². The van der Waals surface area contributed by atoms with Gasteiger partial charge in [0.1, 0.15) is 0 Å². The summed E-state index contributed by atoms with van der Waals surface area (Å²) in [5.74, 6) is 0.786. The highest BCUT2D eigenvalue weighted by Crippen LogP contribution is 2.21. The number of methoxy groups -OCH3 is 2. The molecule has 0 N–H and O–H groups in total. The molecule has 0 aliphatic carbocycles. The van der Waals surface area contributed by atoms with Gasteiger partial charge in [0.05, 0.1) is 20.3 Å². The standard InChI is InChI=1S/C16H26N2O4/c1-6-7-8-9-12(19)15(11(2)3)22-16-17-13(20-4)10-14(18-16)21-5/h10-11,15H,6-9H2,1-5H3. The second kappa shape index (κ2) is 9.23. The lowest BCUT2D eigenvalue weighted by Gasteiger charge is -2.20. The second-order valence-corrected chi connectivity index (χ2v) is 5.44. The molecule has 0 saturated carbocycles. The van der Waals surface area contributed by atoms with Gasteiger partial charge in [0.15, 0.2) is 11.9 Å². The average molecular weight is 310 g/mol. The number of Topliss-reactive ketones (excluding diaryl/α,β-unsaturated/α-hetero) is 1. The molecule has 124 valence electrons. The van der Waals surface area contributed by atoms with Crippen LogP contribution in [0.15, 0.2) is 6.07 Å². The van der Waals surface area contributed by atoms with Gasteiger partial charge in [-0.2, -0.15) is 9.97 Å². The van der Waals surface area contributed by atoms with E-state index in [2.05, 4.69) is 16.9 Å². The van der Waals surface area contributed by atoms with Crippen LogP contribution in [0.3, 0.4) is 0 Å². The molecule has 0 saturated heterocycles. The molecule has 0 bridgehead atoms. The van der Waals surface area contributed by atoms with E-state index < -0.39 is 6.10 Å². The number of ether oxygens (including phenoxy) is 3. The molecule has 0 aliphatic rings. The maximum absolute atomic E-state index is 12.3. The van der Waals surface area contributed by atoms with Crippen LogP contribution in [0, 0.1) is 5.92 Å². The van der Waals surface area contributed by atoms with Crippen molar-refractivity contribution in [3.05, 3.63) is 6.07 Å². The van der Waals surface area contributed by atoms with Crippen molar-refractivity contribution in [3.8, 4) is 17.8 Å². The third kappa shape index (κ3) is 5.50. The molecule has 0 aromatic carbocycles. The van der Waals surface area contributed by atoms with Crippen LogP contribution in [0.4, 0.5) is 0 Å². The van der Waals surface area contributed by atoms with E-state index in [-0.39, 0.29) is 17.7 Å². The summed E-state index contributed by atoms with van der Waals surface area (Å²) in [6.07, 6.45) is 2.95. The lowest BCUT2D eigenvalue weighted by atomic mass is 9.99. The summed E-state index contributed by atoms with van der Waals surface area (Å²) in [7, 11) is 3.00. The number of unbranched alkanes of at least 4 members (excludes halogenated alkanes) is 2. The Morgan fingerprint density at radius 2 is 1.73 bits per heavy atom. The van der Waals surface area contributed by atoms with Gasteiger partial charge < -0.3 is 14.2 Å². The van der Waals surface area contributed by atoms with E-state index in [0.717, 1.165) is 19.3 Å². The van der Waals surface area contributed by atoms with Gasteiger partial charge in [0, 0.05) is 6.42 Å². The maximum atomic E-state index is 12.3. The second-order valence-electron chi connectivity index (χ2n) is 5.44. The van der Waals surface area contributed by atoms with Crippen molar-refractivity contribution in [2.75, 3.05) is 14.2 Å². The Balaban J connectivity index is 2.84. The summed E-state index contributed by atoms with van der Waals surface area (Å²) < 4.78 is 15.9. The Kier molecular flexibility index (Phi) is 7.63. The molecule has 1 unspecified atom stereocenters. The fraction of sp³-hybridized carbons (Fsp3) is 0.688. The Bertz CT molecular complexity index is 455. The Hall–Kier alpha value is -1.85. The molecule has 6 heteroatoms. The zero-order valence-corrected chi connectivity index (χ0v) is 14.1. The van der Waals surface area contributed by atoms with E-state index in [0.29, 0.717) is 18.2 Å². The molecule has 0 aliphatic heterocycles. The Labute approximate surface area is 132 Å². The lowest BCUT2D eigenvalue weighted by Crippen LogP contribution is -2.33. The minimum Gasteiger partial charge on any atom is -0.481 e. The van der Waals surface area contributed by atoms with E-state index in [1.165, 1.54) is 14.2 Å². The number of hydrogen-bond donors (Lipinski definition) is 0. The Morgan fingerprint density at radius 1 is 1.14 bits per heavy atom. The summed E-state index contributed by atoms with van der Waals surface area (Å²) >= 11 is 0. The lowest BCUT2D eigenvalue weighted by molar-refractivity contribution is -0.128. The number of carbonyl (C=O) groups excluding carboxylic acids is 1. The fourth-order valence-electron chi connectivity index (χ4n) is 2.02. The van der Waals surface area contributed by atoms with E-state index in [4.69, 9.17) is 14.2 Å². The largest absolute Gasteiger partial charge is 0.481 e. The van der Waals surface area contributed by atoms with Crippen molar-refractivity contribution >= 4 is 5.78 Å². The maximum Gasteiger partial charge on any atom is 0.323 e. The first-order chi connectivity index (χ1) is 10.5. The molecule has 0 fully saturated rings. The molecular weight excluding hydrogens is 284 g/mol. The van der Waals surface area contributed by atoms with Crippen LogP contribution >= 0.6 is 0 Å². The van der Waals surface area contributed by atoms with Gasteiger partial charge >= 0.3 is 6.01 Å². The summed E-state index contributed by atoms with van der Waals surface area (Å²) in [6.45, 7) is 6.00. The number of nitrogens with zero attached hydrogens (tertiary/aromatic N) is 2. The van der Waals surface area contributed by atoms with Crippen LogP contribution in [-0.4, -0.2) is 36.1 Å².